The van der Waals surface area contributed by atoms with E-state index in [1.807, 2.05) is 19.9 Å². The Labute approximate surface area is 244 Å². The third-order valence-electron chi connectivity index (χ3n) is 5.85. The molecule has 14 nitrogen and oxygen atoms in total. The minimum absolute atomic E-state index is 0.0517. The van der Waals surface area contributed by atoms with Gasteiger partial charge >= 0.3 is 6.09 Å². The van der Waals surface area contributed by atoms with Crippen LogP contribution in [0.1, 0.15) is 64.2 Å². The summed E-state index contributed by atoms with van der Waals surface area (Å²) in [5.74, 6) is -2.84. The van der Waals surface area contributed by atoms with Crippen LogP contribution in [0.25, 0.3) is 10.9 Å². The van der Waals surface area contributed by atoms with Crippen molar-refractivity contribution >= 4 is 46.6 Å². The van der Waals surface area contributed by atoms with Crippen molar-refractivity contribution in [2.75, 3.05) is 13.1 Å². The summed E-state index contributed by atoms with van der Waals surface area (Å²) < 4.78 is 5.24. The van der Waals surface area contributed by atoms with E-state index >= 15 is 0 Å². The fourth-order valence-electron chi connectivity index (χ4n) is 4.01. The first-order chi connectivity index (χ1) is 19.7. The predicted molar refractivity (Wildman–Crippen MR) is 157 cm³/mol. The number of alkyl carbamates (subject to hydrolysis) is 1. The normalized spacial score (nSPS) is 12.6. The number of rotatable bonds is 13. The molecule has 230 valence electrons. The fourth-order valence-corrected chi connectivity index (χ4v) is 4.01. The van der Waals surface area contributed by atoms with Crippen molar-refractivity contribution < 1.29 is 28.7 Å². The summed E-state index contributed by atoms with van der Waals surface area (Å²) in [6.45, 7) is 8.64. The average Bonchev–Trinajstić information content (AvgIpc) is 3.31. The number of H-pyrrole nitrogens is 1. The van der Waals surface area contributed by atoms with Gasteiger partial charge < -0.3 is 36.7 Å². The van der Waals surface area contributed by atoms with E-state index in [1.165, 1.54) is 6.20 Å². The molecule has 2 aromatic rings. The van der Waals surface area contributed by atoms with Crippen molar-refractivity contribution in [3.8, 4) is 0 Å². The van der Waals surface area contributed by atoms with E-state index in [0.717, 1.165) is 5.52 Å². The number of fused-ring (bicyclic) bond motifs is 1. The van der Waals surface area contributed by atoms with Crippen LogP contribution in [-0.4, -0.2) is 71.4 Å². The number of nitrogens with one attached hydrogen (secondary N) is 7. The van der Waals surface area contributed by atoms with E-state index < -0.39 is 54.0 Å². The lowest BCUT2D eigenvalue weighted by molar-refractivity contribution is -0.130. The summed E-state index contributed by atoms with van der Waals surface area (Å²) in [6, 6.07) is 5.04. The Morgan fingerprint density at radius 3 is 2.33 bits per heavy atom. The molecule has 0 radical (unpaired) electrons. The van der Waals surface area contributed by atoms with Gasteiger partial charge in [0.2, 0.25) is 17.7 Å². The molecule has 1 heterocycles. The minimum Gasteiger partial charge on any atom is -0.444 e. The van der Waals surface area contributed by atoms with Crippen molar-refractivity contribution in [1.29, 1.82) is 5.41 Å². The zero-order valence-electron chi connectivity index (χ0n) is 24.7. The van der Waals surface area contributed by atoms with Gasteiger partial charge in [-0.2, -0.15) is 0 Å². The van der Waals surface area contributed by atoms with Gasteiger partial charge in [-0.3, -0.25) is 29.9 Å². The van der Waals surface area contributed by atoms with Crippen LogP contribution in [0.15, 0.2) is 30.5 Å². The Kier molecular flexibility index (Phi) is 12.3. The highest BCUT2D eigenvalue weighted by Crippen LogP contribution is 2.17. The zero-order chi connectivity index (χ0) is 31.4. The number of hydrogen-bond acceptors (Lipinski definition) is 7. The summed E-state index contributed by atoms with van der Waals surface area (Å²) in [7, 11) is 0. The second-order valence-corrected chi connectivity index (χ2v) is 11.2. The average molecular weight is 587 g/mol. The van der Waals surface area contributed by atoms with Gasteiger partial charge in [0.25, 0.3) is 5.91 Å². The number of aromatic amines is 1. The largest absolute Gasteiger partial charge is 0.444 e. The molecule has 0 bridgehead atoms. The maximum absolute atomic E-state index is 13.1. The third-order valence-corrected chi connectivity index (χ3v) is 5.85. The third kappa shape index (κ3) is 11.5. The number of carbonyl (C=O) groups excluding carboxylic acids is 5. The molecule has 5 amide bonds. The minimum atomic E-state index is -1.12. The second-order valence-electron chi connectivity index (χ2n) is 11.2. The summed E-state index contributed by atoms with van der Waals surface area (Å²) in [6.07, 6.45) is 1.48. The molecule has 0 aliphatic heterocycles. The molecule has 9 N–H and O–H groups in total. The summed E-state index contributed by atoms with van der Waals surface area (Å²) in [5, 5.41) is 20.4. The van der Waals surface area contributed by atoms with E-state index in [1.54, 1.807) is 39.0 Å². The standard InChI is InChI=1S/C28H42N8O6/c1-16(2)13-21(35-27(41)42-28(3,4)5)24(39)33-15-22(37)34-20(11-8-12-31-26(29)30)25(40)36-23(38)18-14-32-19-10-7-6-9-17(18)19/h6-7,9-10,14,16,20-21,32H,8,11-13,15H2,1-5H3,(H,33,39)(H,34,37)(H,35,41)(H4,29,30,31)(H,36,38,40)/t20-,21-/m0/s1. The monoisotopic (exact) mass is 586 g/mol. The van der Waals surface area contributed by atoms with Crippen LogP contribution >= 0.6 is 0 Å². The Hall–Kier alpha value is -4.62. The Balaban J connectivity index is 2.04. The van der Waals surface area contributed by atoms with E-state index in [2.05, 4.69) is 31.6 Å². The number of amides is 5. The Morgan fingerprint density at radius 2 is 1.69 bits per heavy atom. The first-order valence-corrected chi connectivity index (χ1v) is 13.7. The summed E-state index contributed by atoms with van der Waals surface area (Å²) in [4.78, 5) is 66.7. The highest BCUT2D eigenvalue weighted by molar-refractivity contribution is 6.13. The van der Waals surface area contributed by atoms with Gasteiger partial charge in [-0.25, -0.2) is 4.79 Å². The Morgan fingerprint density at radius 1 is 1.00 bits per heavy atom. The molecule has 0 fully saturated rings. The summed E-state index contributed by atoms with van der Waals surface area (Å²) in [5.41, 5.74) is 5.53. The molecule has 0 saturated carbocycles. The van der Waals surface area contributed by atoms with Gasteiger partial charge in [0.1, 0.15) is 17.7 Å². The lowest BCUT2D eigenvalue weighted by Crippen LogP contribution is -2.53. The van der Waals surface area contributed by atoms with E-state index in [9.17, 15) is 24.0 Å². The number of nitrogens with two attached hydrogens (primary N) is 1. The second kappa shape index (κ2) is 15.4. The smallest absolute Gasteiger partial charge is 0.408 e. The van der Waals surface area contributed by atoms with Crippen LogP contribution in [0.5, 0.6) is 0 Å². The van der Waals surface area contributed by atoms with Crippen molar-refractivity contribution in [3.63, 3.8) is 0 Å². The van der Waals surface area contributed by atoms with Gasteiger partial charge in [-0.1, -0.05) is 32.0 Å². The topological polar surface area (TPSA) is 220 Å². The lowest BCUT2D eigenvalue weighted by atomic mass is 10.0. The van der Waals surface area contributed by atoms with E-state index in [4.69, 9.17) is 15.9 Å². The van der Waals surface area contributed by atoms with Gasteiger partial charge in [0.15, 0.2) is 5.96 Å². The van der Waals surface area contributed by atoms with E-state index in [0.29, 0.717) is 18.2 Å². The predicted octanol–water partition coefficient (Wildman–Crippen LogP) is 1.23. The van der Waals surface area contributed by atoms with Crippen molar-refractivity contribution in [2.24, 2.45) is 11.7 Å². The molecule has 1 aromatic carbocycles. The summed E-state index contributed by atoms with van der Waals surface area (Å²) >= 11 is 0. The molecule has 0 saturated heterocycles. The first-order valence-electron chi connectivity index (χ1n) is 13.7. The molecule has 1 aromatic heterocycles. The molecule has 0 unspecified atom stereocenters. The van der Waals surface area contributed by atoms with Gasteiger partial charge in [-0.05, 0) is 52.0 Å². The van der Waals surface area contributed by atoms with Crippen LogP contribution in [0.2, 0.25) is 0 Å². The van der Waals surface area contributed by atoms with Gasteiger partial charge in [-0.15, -0.1) is 0 Å². The van der Waals surface area contributed by atoms with Crippen molar-refractivity contribution in [1.82, 2.24) is 31.6 Å². The fraction of sp³-hybridized carbons (Fsp3) is 0.500. The molecular weight excluding hydrogens is 544 g/mol. The molecule has 0 aliphatic rings. The molecule has 2 rings (SSSR count). The lowest BCUT2D eigenvalue weighted by Gasteiger charge is -2.24. The number of guanidine groups is 1. The molecule has 14 heteroatoms. The first kappa shape index (κ1) is 33.6. The van der Waals surface area contributed by atoms with Crippen molar-refractivity contribution in [2.45, 2.75) is 71.6 Å². The molecule has 0 aliphatic carbocycles. The number of hydrogen-bond donors (Lipinski definition) is 8. The van der Waals surface area contributed by atoms with Gasteiger partial charge in [0.05, 0.1) is 12.1 Å². The highest BCUT2D eigenvalue weighted by Gasteiger charge is 2.27. The number of aromatic nitrogens is 1. The number of ether oxygens (including phenoxy) is 1. The van der Waals surface area contributed by atoms with Crippen LogP contribution in [0.4, 0.5) is 4.79 Å². The van der Waals surface area contributed by atoms with Crippen LogP contribution < -0.4 is 32.3 Å². The number of para-hydroxylation sites is 1. The highest BCUT2D eigenvalue weighted by atomic mass is 16.6. The number of benzene rings is 1. The van der Waals surface area contributed by atoms with E-state index in [-0.39, 0.29) is 30.4 Å². The molecule has 42 heavy (non-hydrogen) atoms. The van der Waals surface area contributed by atoms with Crippen molar-refractivity contribution in [3.05, 3.63) is 36.0 Å². The zero-order valence-corrected chi connectivity index (χ0v) is 24.7. The number of carbonyl (C=O) groups is 5. The molecular formula is C28H42N8O6. The SMILES string of the molecule is CC(C)C[C@H](NC(=O)OC(C)(C)C)C(=O)NCC(=O)N[C@@H](CCCNC(=N)N)C(=O)NC(=O)c1c[nH]c2ccccc12. The maximum Gasteiger partial charge on any atom is 0.408 e. The van der Waals surface area contributed by atoms with Gasteiger partial charge in [0, 0.05) is 23.6 Å². The Bertz CT molecular complexity index is 1280. The maximum atomic E-state index is 13.1. The molecule has 2 atom stereocenters. The van der Waals surface area contributed by atoms with Crippen LogP contribution in [-0.2, 0) is 19.1 Å². The quantitative estimate of drug-likeness (QED) is 0.0966. The number of imide groups is 1. The van der Waals surface area contributed by atoms with Crippen LogP contribution in [0, 0.1) is 11.3 Å². The van der Waals surface area contributed by atoms with Crippen LogP contribution in [0.3, 0.4) is 0 Å². The molecule has 0 spiro atoms.